The molecule has 3 aromatic rings. The summed E-state index contributed by atoms with van der Waals surface area (Å²) in [4.78, 5) is 21.2. The fraction of sp³-hybridized carbons (Fsp3) is 0.286. The lowest BCUT2D eigenvalue weighted by Crippen LogP contribution is -2.22. The fourth-order valence-electron chi connectivity index (χ4n) is 3.49. The van der Waals surface area contributed by atoms with E-state index in [-0.39, 0.29) is 5.91 Å². The summed E-state index contributed by atoms with van der Waals surface area (Å²) >= 11 is 0. The summed E-state index contributed by atoms with van der Waals surface area (Å²) in [5, 5.41) is 7.43. The molecule has 4 rings (SSSR count). The van der Waals surface area contributed by atoms with Crippen LogP contribution in [0.2, 0.25) is 0 Å². The van der Waals surface area contributed by atoms with Crippen LogP contribution >= 0.6 is 0 Å². The summed E-state index contributed by atoms with van der Waals surface area (Å²) < 4.78 is 0. The van der Waals surface area contributed by atoms with Crippen LogP contribution in [0.15, 0.2) is 54.9 Å². The third-order valence-corrected chi connectivity index (χ3v) is 4.85. The summed E-state index contributed by atoms with van der Waals surface area (Å²) in [5.41, 5.74) is 2.84. The van der Waals surface area contributed by atoms with Crippen molar-refractivity contribution >= 4 is 28.2 Å². The second kappa shape index (κ2) is 7.52. The Bertz CT molecular complexity index is 896. The third-order valence-electron chi connectivity index (χ3n) is 4.85. The van der Waals surface area contributed by atoms with Gasteiger partial charge < -0.3 is 10.6 Å². The first-order valence-electron chi connectivity index (χ1n) is 9.17. The molecule has 2 heterocycles. The maximum atomic E-state index is 12.5. The van der Waals surface area contributed by atoms with Gasteiger partial charge in [-0.05, 0) is 37.1 Å². The van der Waals surface area contributed by atoms with Crippen molar-refractivity contribution < 1.29 is 4.79 Å². The molecule has 0 spiro atoms. The molecule has 1 aliphatic rings. The highest BCUT2D eigenvalue weighted by molar-refractivity contribution is 6.07. The van der Waals surface area contributed by atoms with Crippen LogP contribution in [0, 0.1) is 0 Å². The van der Waals surface area contributed by atoms with Gasteiger partial charge in [-0.2, -0.15) is 0 Å². The Morgan fingerprint density at radius 2 is 1.81 bits per heavy atom. The number of pyridine rings is 2. The van der Waals surface area contributed by atoms with Gasteiger partial charge in [0.1, 0.15) is 5.69 Å². The average molecular weight is 346 g/mol. The normalized spacial score (nSPS) is 14.9. The van der Waals surface area contributed by atoms with Crippen LogP contribution in [-0.4, -0.2) is 21.9 Å². The molecule has 0 aliphatic heterocycles. The zero-order valence-corrected chi connectivity index (χ0v) is 14.6. The van der Waals surface area contributed by atoms with E-state index < -0.39 is 0 Å². The number of carbonyl (C=O) groups is 1. The van der Waals surface area contributed by atoms with Crippen molar-refractivity contribution in [3.8, 4) is 0 Å². The highest BCUT2D eigenvalue weighted by atomic mass is 16.1. The predicted octanol–water partition coefficient (Wildman–Crippen LogP) is 4.63. The molecule has 2 N–H and O–H groups in total. The zero-order valence-electron chi connectivity index (χ0n) is 14.6. The lowest BCUT2D eigenvalue weighted by Gasteiger charge is -2.23. The number of hydrogen-bond donors (Lipinski definition) is 2. The minimum Gasteiger partial charge on any atom is -0.381 e. The van der Waals surface area contributed by atoms with Gasteiger partial charge in [0.05, 0.1) is 23.1 Å². The van der Waals surface area contributed by atoms with Crippen LogP contribution in [0.5, 0.6) is 0 Å². The molecule has 0 unspecified atom stereocenters. The van der Waals surface area contributed by atoms with Crippen LogP contribution in [0.25, 0.3) is 10.9 Å². The van der Waals surface area contributed by atoms with Crippen LogP contribution in [-0.2, 0) is 0 Å². The topological polar surface area (TPSA) is 66.9 Å². The summed E-state index contributed by atoms with van der Waals surface area (Å²) in [6.07, 6.45) is 9.77. The molecule has 5 heteroatoms. The lowest BCUT2D eigenvalue weighted by atomic mass is 9.95. The van der Waals surface area contributed by atoms with Crippen molar-refractivity contribution in [3.05, 3.63) is 60.6 Å². The first-order valence-corrected chi connectivity index (χ1v) is 9.17. The molecule has 0 atom stereocenters. The first kappa shape index (κ1) is 16.5. The summed E-state index contributed by atoms with van der Waals surface area (Å²) in [5.74, 6) is -0.229. The third kappa shape index (κ3) is 3.67. The largest absolute Gasteiger partial charge is 0.381 e. The molecule has 1 amide bonds. The number of nitrogens with one attached hydrogen (secondary N) is 2. The van der Waals surface area contributed by atoms with Crippen LogP contribution in [0.1, 0.15) is 42.6 Å². The highest BCUT2D eigenvalue weighted by Gasteiger charge is 2.14. The summed E-state index contributed by atoms with van der Waals surface area (Å²) in [6, 6.07) is 13.8. The van der Waals surface area contributed by atoms with E-state index in [0.29, 0.717) is 17.4 Å². The van der Waals surface area contributed by atoms with Gasteiger partial charge in [-0.3, -0.25) is 9.78 Å². The molecule has 2 aromatic heterocycles. The highest BCUT2D eigenvalue weighted by Crippen LogP contribution is 2.23. The molecular weight excluding hydrogens is 324 g/mol. The predicted molar refractivity (Wildman–Crippen MR) is 104 cm³/mol. The van der Waals surface area contributed by atoms with Crippen molar-refractivity contribution in [2.45, 2.75) is 38.1 Å². The molecule has 5 nitrogen and oxygen atoms in total. The minimum absolute atomic E-state index is 0.229. The Labute approximate surface area is 152 Å². The Kier molecular flexibility index (Phi) is 4.78. The standard InChI is InChI=1S/C21H22N4O/c26-21(25-18-10-4-6-15-7-5-13-22-20(15)18)19-12-11-17(14-23-19)24-16-8-2-1-3-9-16/h4-7,10-14,16,24H,1-3,8-9H2,(H,25,26). The van der Waals surface area contributed by atoms with Crippen LogP contribution < -0.4 is 10.6 Å². The molecule has 0 saturated heterocycles. The molecule has 0 bridgehead atoms. The average Bonchev–Trinajstić information content (AvgIpc) is 2.70. The van der Waals surface area contributed by atoms with E-state index in [1.807, 2.05) is 36.4 Å². The van der Waals surface area contributed by atoms with Gasteiger partial charge in [0, 0.05) is 17.6 Å². The van der Waals surface area contributed by atoms with Crippen molar-refractivity contribution in [2.24, 2.45) is 0 Å². The molecule has 1 fully saturated rings. The number of carbonyl (C=O) groups excluding carboxylic acids is 1. The van der Waals surface area contributed by atoms with Gasteiger partial charge in [-0.1, -0.05) is 37.5 Å². The monoisotopic (exact) mass is 346 g/mol. The van der Waals surface area contributed by atoms with Gasteiger partial charge in [0.2, 0.25) is 0 Å². The fourth-order valence-corrected chi connectivity index (χ4v) is 3.49. The summed E-state index contributed by atoms with van der Waals surface area (Å²) in [7, 11) is 0. The molecule has 132 valence electrons. The quantitative estimate of drug-likeness (QED) is 0.723. The number of benzene rings is 1. The van der Waals surface area contributed by atoms with Gasteiger partial charge in [-0.25, -0.2) is 4.98 Å². The zero-order chi connectivity index (χ0) is 17.8. The number of hydrogen-bond acceptors (Lipinski definition) is 4. The van der Waals surface area contributed by atoms with E-state index in [0.717, 1.165) is 16.6 Å². The van der Waals surface area contributed by atoms with Gasteiger partial charge in [0.25, 0.3) is 5.91 Å². The Hall–Kier alpha value is -2.95. The molecule has 26 heavy (non-hydrogen) atoms. The minimum atomic E-state index is -0.229. The second-order valence-corrected chi connectivity index (χ2v) is 6.75. The van der Waals surface area contributed by atoms with E-state index in [1.165, 1.54) is 32.1 Å². The van der Waals surface area contributed by atoms with Crippen molar-refractivity contribution in [2.75, 3.05) is 10.6 Å². The number of fused-ring (bicyclic) bond motifs is 1. The first-order chi connectivity index (χ1) is 12.8. The van der Waals surface area contributed by atoms with Gasteiger partial charge >= 0.3 is 0 Å². The number of rotatable bonds is 4. The molecule has 1 aliphatic carbocycles. The molecule has 1 aromatic carbocycles. The van der Waals surface area contributed by atoms with Crippen LogP contribution in [0.4, 0.5) is 11.4 Å². The Morgan fingerprint density at radius 1 is 0.962 bits per heavy atom. The van der Waals surface area contributed by atoms with E-state index in [4.69, 9.17) is 0 Å². The number of amides is 1. The van der Waals surface area contributed by atoms with Gasteiger partial charge in [0.15, 0.2) is 0 Å². The lowest BCUT2D eigenvalue weighted by molar-refractivity contribution is 0.102. The number of anilines is 2. The van der Waals surface area contributed by atoms with Gasteiger partial charge in [-0.15, -0.1) is 0 Å². The molecular formula is C21H22N4O. The van der Waals surface area contributed by atoms with E-state index in [9.17, 15) is 4.79 Å². The summed E-state index contributed by atoms with van der Waals surface area (Å²) in [6.45, 7) is 0. The van der Waals surface area contributed by atoms with Crippen molar-refractivity contribution in [1.82, 2.24) is 9.97 Å². The maximum Gasteiger partial charge on any atom is 0.274 e. The molecule has 1 saturated carbocycles. The van der Waals surface area contributed by atoms with Crippen LogP contribution in [0.3, 0.4) is 0 Å². The number of para-hydroxylation sites is 1. The van der Waals surface area contributed by atoms with Crippen molar-refractivity contribution in [1.29, 1.82) is 0 Å². The van der Waals surface area contributed by atoms with E-state index in [1.54, 1.807) is 18.5 Å². The van der Waals surface area contributed by atoms with E-state index in [2.05, 4.69) is 20.6 Å². The Balaban J connectivity index is 1.46. The Morgan fingerprint density at radius 3 is 2.62 bits per heavy atom. The van der Waals surface area contributed by atoms with E-state index >= 15 is 0 Å². The molecule has 0 radical (unpaired) electrons. The SMILES string of the molecule is O=C(Nc1cccc2cccnc12)c1ccc(NC2CCCCC2)cn1. The smallest absolute Gasteiger partial charge is 0.274 e. The maximum absolute atomic E-state index is 12.5. The second-order valence-electron chi connectivity index (χ2n) is 6.75. The number of aromatic nitrogens is 2. The van der Waals surface area contributed by atoms with Crippen molar-refractivity contribution in [3.63, 3.8) is 0 Å². The number of nitrogens with zero attached hydrogens (tertiary/aromatic N) is 2.